The van der Waals surface area contributed by atoms with Gasteiger partial charge in [0, 0.05) is 13.1 Å². The van der Waals surface area contributed by atoms with Crippen molar-refractivity contribution in [3.8, 4) is 11.3 Å². The van der Waals surface area contributed by atoms with Gasteiger partial charge in [0.25, 0.3) is 5.91 Å². The fourth-order valence-electron chi connectivity index (χ4n) is 3.24. The third kappa shape index (κ3) is 4.07. The monoisotopic (exact) mass is 379 g/mol. The Morgan fingerprint density at radius 2 is 2.15 bits per heavy atom. The van der Waals surface area contributed by atoms with Gasteiger partial charge in [0.05, 0.1) is 10.6 Å². The molecule has 0 radical (unpaired) electrons. The van der Waals surface area contributed by atoms with E-state index >= 15 is 0 Å². The number of nitrogens with zero attached hydrogens (tertiary/aromatic N) is 2. The Bertz CT molecular complexity index is 765. The lowest BCUT2D eigenvalue weighted by atomic mass is 9.99. The quantitative estimate of drug-likeness (QED) is 0.855. The van der Waals surface area contributed by atoms with E-state index in [1.807, 2.05) is 0 Å². The van der Waals surface area contributed by atoms with E-state index in [1.165, 1.54) is 25.0 Å². The molecule has 7 heteroatoms. The highest BCUT2D eigenvalue weighted by atomic mass is 35.5. The molecule has 0 bridgehead atoms. The van der Waals surface area contributed by atoms with Crippen LogP contribution in [0.15, 0.2) is 22.7 Å². The maximum absolute atomic E-state index is 14.2. The van der Waals surface area contributed by atoms with Gasteiger partial charge in [-0.2, -0.15) is 0 Å². The molecule has 2 heterocycles. The molecule has 1 aliphatic rings. The molecule has 1 saturated heterocycles. The fraction of sp³-hybridized carbons (Fsp3) is 0.474. The van der Waals surface area contributed by atoms with E-state index in [9.17, 15) is 9.18 Å². The Labute approximate surface area is 157 Å². The van der Waals surface area contributed by atoms with Crippen LogP contribution in [0.25, 0.3) is 11.3 Å². The summed E-state index contributed by atoms with van der Waals surface area (Å²) in [6.45, 7) is 7.31. The molecule has 0 aliphatic carbocycles. The number of likely N-dealkylation sites (tertiary alicyclic amines) is 1. The van der Waals surface area contributed by atoms with Crippen LogP contribution in [0.5, 0.6) is 0 Å². The molecule has 3 rings (SSSR count). The number of nitrogens with one attached hydrogen (secondary N) is 1. The lowest BCUT2D eigenvalue weighted by Crippen LogP contribution is -2.39. The first-order valence-corrected chi connectivity index (χ1v) is 9.26. The summed E-state index contributed by atoms with van der Waals surface area (Å²) in [7, 11) is 0. The van der Waals surface area contributed by atoms with Crippen molar-refractivity contribution in [1.29, 1.82) is 0 Å². The van der Waals surface area contributed by atoms with Crippen LogP contribution in [-0.4, -0.2) is 42.1 Å². The number of hydrogen-bond donors (Lipinski definition) is 1. The SMILES string of the molecule is Cc1onc(-c2c(F)cccc2Cl)c1C(=O)NCCN1CCC(C)CC1. The molecule has 0 unspecified atom stereocenters. The van der Waals surface area contributed by atoms with Gasteiger partial charge in [0.2, 0.25) is 0 Å². The number of carbonyl (C=O) groups is 1. The minimum Gasteiger partial charge on any atom is -0.360 e. The number of halogens is 2. The molecule has 0 saturated carbocycles. The molecular weight excluding hydrogens is 357 g/mol. The van der Waals surface area contributed by atoms with Gasteiger partial charge < -0.3 is 14.7 Å². The fourth-order valence-corrected chi connectivity index (χ4v) is 3.49. The second-order valence-electron chi connectivity index (χ2n) is 6.84. The van der Waals surface area contributed by atoms with Crippen molar-refractivity contribution in [2.24, 2.45) is 5.92 Å². The first-order chi connectivity index (χ1) is 12.5. The highest BCUT2D eigenvalue weighted by molar-refractivity contribution is 6.33. The summed E-state index contributed by atoms with van der Waals surface area (Å²) in [5, 5.41) is 6.94. The number of aromatic nitrogens is 1. The standard InChI is InChI=1S/C19H23ClFN3O2/c1-12-6-9-24(10-7-12)11-8-22-19(25)16-13(2)26-23-18(16)17-14(20)4-3-5-15(17)21/h3-5,12H,6-11H2,1-2H3,(H,22,25). The predicted molar refractivity (Wildman–Crippen MR) is 98.8 cm³/mol. The van der Waals surface area contributed by atoms with Crippen LogP contribution in [0.1, 0.15) is 35.9 Å². The van der Waals surface area contributed by atoms with Gasteiger partial charge in [-0.1, -0.05) is 29.7 Å². The van der Waals surface area contributed by atoms with Crippen molar-refractivity contribution in [3.63, 3.8) is 0 Å². The summed E-state index contributed by atoms with van der Waals surface area (Å²) >= 11 is 6.11. The minimum absolute atomic E-state index is 0.0844. The Kier molecular flexibility index (Phi) is 5.94. The van der Waals surface area contributed by atoms with Gasteiger partial charge in [-0.25, -0.2) is 4.39 Å². The Morgan fingerprint density at radius 3 is 2.85 bits per heavy atom. The van der Waals surface area contributed by atoms with E-state index in [0.717, 1.165) is 25.6 Å². The zero-order valence-electron chi connectivity index (χ0n) is 15.0. The largest absolute Gasteiger partial charge is 0.360 e. The zero-order chi connectivity index (χ0) is 18.7. The van der Waals surface area contributed by atoms with Gasteiger partial charge in [-0.05, 0) is 50.9 Å². The van der Waals surface area contributed by atoms with Crippen LogP contribution in [0.2, 0.25) is 5.02 Å². The smallest absolute Gasteiger partial charge is 0.257 e. The topological polar surface area (TPSA) is 58.4 Å². The summed E-state index contributed by atoms with van der Waals surface area (Å²) in [5.41, 5.74) is 0.445. The molecule has 1 aromatic carbocycles. The molecule has 5 nitrogen and oxygen atoms in total. The summed E-state index contributed by atoms with van der Waals surface area (Å²) in [6, 6.07) is 4.35. The molecule has 1 fully saturated rings. The van der Waals surface area contributed by atoms with Crippen LogP contribution in [0, 0.1) is 18.7 Å². The van der Waals surface area contributed by atoms with E-state index in [4.69, 9.17) is 16.1 Å². The molecule has 1 N–H and O–H groups in total. The van der Waals surface area contributed by atoms with E-state index in [0.29, 0.717) is 12.3 Å². The third-order valence-corrected chi connectivity index (χ3v) is 5.19. The van der Waals surface area contributed by atoms with Crippen LogP contribution < -0.4 is 5.32 Å². The number of amides is 1. The molecule has 1 aromatic heterocycles. The number of rotatable bonds is 5. The molecule has 2 aromatic rings. The molecule has 26 heavy (non-hydrogen) atoms. The van der Waals surface area contributed by atoms with Gasteiger partial charge in [0.15, 0.2) is 0 Å². The number of piperidine rings is 1. The second-order valence-corrected chi connectivity index (χ2v) is 7.25. The first kappa shape index (κ1) is 18.9. The Balaban J connectivity index is 1.69. The first-order valence-electron chi connectivity index (χ1n) is 8.88. The maximum Gasteiger partial charge on any atom is 0.257 e. The second kappa shape index (κ2) is 8.18. The van der Waals surface area contributed by atoms with E-state index < -0.39 is 5.82 Å². The Hall–Kier alpha value is -1.92. The van der Waals surface area contributed by atoms with E-state index in [1.54, 1.807) is 13.0 Å². The highest BCUT2D eigenvalue weighted by Crippen LogP contribution is 2.33. The predicted octanol–water partition coefficient (Wildman–Crippen LogP) is 3.90. The number of hydrogen-bond acceptors (Lipinski definition) is 4. The molecule has 0 atom stereocenters. The molecule has 1 amide bonds. The summed E-state index contributed by atoms with van der Waals surface area (Å²) in [5.74, 6) is 0.239. The average Bonchev–Trinajstić information content (AvgIpc) is 2.98. The van der Waals surface area contributed by atoms with Crippen LogP contribution >= 0.6 is 11.6 Å². The molecule has 140 valence electrons. The molecular formula is C19H23ClFN3O2. The van der Waals surface area contributed by atoms with E-state index in [2.05, 4.69) is 22.3 Å². The average molecular weight is 380 g/mol. The third-order valence-electron chi connectivity index (χ3n) is 4.88. The van der Waals surface area contributed by atoms with Crippen LogP contribution in [0.3, 0.4) is 0 Å². The van der Waals surface area contributed by atoms with Crippen molar-refractivity contribution < 1.29 is 13.7 Å². The van der Waals surface area contributed by atoms with Crippen LogP contribution in [-0.2, 0) is 0 Å². The molecule has 0 spiro atoms. The summed E-state index contributed by atoms with van der Waals surface area (Å²) in [4.78, 5) is 15.0. The lowest BCUT2D eigenvalue weighted by Gasteiger charge is -2.30. The van der Waals surface area contributed by atoms with Crippen molar-refractivity contribution in [1.82, 2.24) is 15.4 Å². The Morgan fingerprint density at radius 1 is 1.42 bits per heavy atom. The number of carbonyl (C=O) groups excluding carboxylic acids is 1. The van der Waals surface area contributed by atoms with Crippen LogP contribution in [0.4, 0.5) is 4.39 Å². The minimum atomic E-state index is -0.540. The van der Waals surface area contributed by atoms with Crippen molar-refractivity contribution >= 4 is 17.5 Å². The zero-order valence-corrected chi connectivity index (χ0v) is 15.8. The normalized spacial score (nSPS) is 16.0. The van der Waals surface area contributed by atoms with Gasteiger partial charge in [-0.3, -0.25) is 4.79 Å². The molecule has 1 aliphatic heterocycles. The van der Waals surface area contributed by atoms with E-state index in [-0.39, 0.29) is 27.8 Å². The van der Waals surface area contributed by atoms with Crippen molar-refractivity contribution in [2.45, 2.75) is 26.7 Å². The maximum atomic E-state index is 14.2. The summed E-state index contributed by atoms with van der Waals surface area (Å²) in [6.07, 6.45) is 2.38. The number of benzene rings is 1. The van der Waals surface area contributed by atoms with Crippen molar-refractivity contribution in [3.05, 3.63) is 40.4 Å². The van der Waals surface area contributed by atoms with Crippen molar-refractivity contribution in [2.75, 3.05) is 26.2 Å². The number of aryl methyl sites for hydroxylation is 1. The summed E-state index contributed by atoms with van der Waals surface area (Å²) < 4.78 is 19.4. The van der Waals surface area contributed by atoms with Gasteiger partial charge in [-0.15, -0.1) is 0 Å². The lowest BCUT2D eigenvalue weighted by molar-refractivity contribution is 0.0943. The van der Waals surface area contributed by atoms with Gasteiger partial charge in [0.1, 0.15) is 22.8 Å². The van der Waals surface area contributed by atoms with Gasteiger partial charge >= 0.3 is 0 Å². The highest BCUT2D eigenvalue weighted by Gasteiger charge is 2.25.